The Bertz CT molecular complexity index is 282. The van der Waals surface area contributed by atoms with Crippen molar-refractivity contribution >= 4 is 14.3 Å². The molecule has 0 radical (unpaired) electrons. The van der Waals surface area contributed by atoms with Crippen LogP contribution in [0.3, 0.4) is 0 Å². The summed E-state index contributed by atoms with van der Waals surface area (Å²) in [5.41, 5.74) is 0. The van der Waals surface area contributed by atoms with Crippen molar-refractivity contribution in [1.29, 1.82) is 0 Å². The highest BCUT2D eigenvalue weighted by atomic mass is 28.4. The molecule has 0 heterocycles. The summed E-state index contributed by atoms with van der Waals surface area (Å²) < 4.78 is 6.17. The van der Waals surface area contributed by atoms with Gasteiger partial charge >= 0.3 is 5.97 Å². The van der Waals surface area contributed by atoms with E-state index < -0.39 is 14.3 Å². The standard InChI is InChI=1S/C14H30O4Si/c1-11(15)8-7-9-12(10-13(16)17)18-19(5,6)14(2,3)4/h11-12,15H,7-10H2,1-6H3,(H,16,17)/t11-,12+/m1/s1. The smallest absolute Gasteiger partial charge is 0.305 e. The molecule has 0 spiro atoms. The van der Waals surface area contributed by atoms with Crippen molar-refractivity contribution in [3.8, 4) is 0 Å². The lowest BCUT2D eigenvalue weighted by molar-refractivity contribution is -0.139. The van der Waals surface area contributed by atoms with Crippen molar-refractivity contribution in [2.24, 2.45) is 0 Å². The molecule has 0 fully saturated rings. The van der Waals surface area contributed by atoms with Crippen LogP contribution in [0.25, 0.3) is 0 Å². The zero-order chi connectivity index (χ0) is 15.3. The molecule has 0 saturated carbocycles. The highest BCUT2D eigenvalue weighted by Gasteiger charge is 2.39. The molecule has 0 aromatic rings. The van der Waals surface area contributed by atoms with Crippen molar-refractivity contribution in [3.63, 3.8) is 0 Å². The second-order valence-corrected chi connectivity index (χ2v) is 11.6. The van der Waals surface area contributed by atoms with Gasteiger partial charge in [0.1, 0.15) is 0 Å². The lowest BCUT2D eigenvalue weighted by atomic mass is 10.1. The zero-order valence-electron chi connectivity index (χ0n) is 13.2. The SMILES string of the molecule is C[C@@H](O)CCC[C@@H](CC(=O)O)O[Si](C)(C)C(C)(C)C. The minimum absolute atomic E-state index is 0.0479. The lowest BCUT2D eigenvalue weighted by Crippen LogP contribution is -2.44. The predicted octanol–water partition coefficient (Wildman–Crippen LogP) is 3.40. The van der Waals surface area contributed by atoms with Gasteiger partial charge in [0.25, 0.3) is 0 Å². The first kappa shape index (κ1) is 18.6. The molecule has 4 nitrogen and oxygen atoms in total. The van der Waals surface area contributed by atoms with E-state index >= 15 is 0 Å². The van der Waals surface area contributed by atoms with Crippen LogP contribution in [0.4, 0.5) is 0 Å². The Balaban J connectivity index is 4.54. The lowest BCUT2D eigenvalue weighted by Gasteiger charge is -2.39. The van der Waals surface area contributed by atoms with Crippen LogP contribution in [0.2, 0.25) is 18.1 Å². The number of hydrogen-bond acceptors (Lipinski definition) is 3. The second-order valence-electron chi connectivity index (χ2n) is 6.88. The molecule has 0 aliphatic heterocycles. The number of aliphatic carboxylic acids is 1. The molecule has 0 aliphatic rings. The van der Waals surface area contributed by atoms with Crippen molar-refractivity contribution in [2.45, 2.75) is 83.7 Å². The molecule has 0 unspecified atom stereocenters. The third-order valence-electron chi connectivity index (χ3n) is 3.82. The van der Waals surface area contributed by atoms with Gasteiger partial charge in [0.05, 0.1) is 18.6 Å². The number of rotatable bonds is 8. The van der Waals surface area contributed by atoms with E-state index in [9.17, 15) is 9.90 Å². The van der Waals surface area contributed by atoms with Crippen molar-refractivity contribution in [1.82, 2.24) is 0 Å². The molecule has 0 aliphatic carbocycles. The molecule has 19 heavy (non-hydrogen) atoms. The summed E-state index contributed by atoms with van der Waals surface area (Å²) >= 11 is 0. The minimum atomic E-state index is -1.94. The third kappa shape index (κ3) is 7.70. The van der Waals surface area contributed by atoms with Gasteiger partial charge in [0.2, 0.25) is 0 Å². The monoisotopic (exact) mass is 290 g/mol. The first-order valence-electron chi connectivity index (χ1n) is 7.03. The Morgan fingerprint density at radius 1 is 1.26 bits per heavy atom. The summed E-state index contributed by atoms with van der Waals surface area (Å²) in [6, 6.07) is 0. The van der Waals surface area contributed by atoms with E-state index in [2.05, 4.69) is 33.9 Å². The summed E-state index contributed by atoms with van der Waals surface area (Å²) in [6.45, 7) is 12.5. The van der Waals surface area contributed by atoms with Crippen molar-refractivity contribution in [3.05, 3.63) is 0 Å². The summed E-state index contributed by atoms with van der Waals surface area (Å²) in [5.74, 6) is -0.819. The first-order chi connectivity index (χ1) is 8.45. The Hall–Kier alpha value is -0.393. The number of carbonyl (C=O) groups is 1. The molecule has 0 aromatic carbocycles. The van der Waals surface area contributed by atoms with Gasteiger partial charge in [-0.3, -0.25) is 4.79 Å². The number of aliphatic hydroxyl groups excluding tert-OH is 1. The van der Waals surface area contributed by atoms with Crippen LogP contribution in [-0.2, 0) is 9.22 Å². The van der Waals surface area contributed by atoms with Crippen molar-refractivity contribution in [2.75, 3.05) is 0 Å². The fourth-order valence-corrected chi connectivity index (χ4v) is 3.02. The largest absolute Gasteiger partial charge is 0.481 e. The summed E-state index contributed by atoms with van der Waals surface area (Å²) in [6.07, 6.45) is 1.66. The zero-order valence-corrected chi connectivity index (χ0v) is 14.2. The van der Waals surface area contributed by atoms with E-state index in [0.717, 1.165) is 6.42 Å². The molecule has 0 amide bonds. The summed E-state index contributed by atoms with van der Waals surface area (Å²) in [7, 11) is -1.94. The molecular weight excluding hydrogens is 260 g/mol. The normalized spacial score (nSPS) is 16.2. The number of carboxylic acids is 1. The van der Waals surface area contributed by atoms with Crippen LogP contribution < -0.4 is 0 Å². The second kappa shape index (κ2) is 7.41. The van der Waals surface area contributed by atoms with E-state index in [-0.39, 0.29) is 23.7 Å². The maximum atomic E-state index is 10.9. The molecule has 2 N–H and O–H groups in total. The van der Waals surface area contributed by atoms with Gasteiger partial charge in [-0.05, 0) is 44.3 Å². The van der Waals surface area contributed by atoms with Crippen LogP contribution in [-0.4, -0.2) is 36.7 Å². The van der Waals surface area contributed by atoms with Crippen LogP contribution in [0.5, 0.6) is 0 Å². The van der Waals surface area contributed by atoms with Gasteiger partial charge in [-0.1, -0.05) is 20.8 Å². The molecule has 0 bridgehead atoms. The van der Waals surface area contributed by atoms with Crippen LogP contribution in [0, 0.1) is 0 Å². The molecule has 0 saturated heterocycles. The Labute approximate surface area is 118 Å². The van der Waals surface area contributed by atoms with Gasteiger partial charge in [0.15, 0.2) is 8.32 Å². The van der Waals surface area contributed by atoms with Gasteiger partial charge in [-0.2, -0.15) is 0 Å². The number of carboxylic acid groups (broad SMARTS) is 1. The van der Waals surface area contributed by atoms with E-state index in [0.29, 0.717) is 12.8 Å². The third-order valence-corrected chi connectivity index (χ3v) is 8.35. The van der Waals surface area contributed by atoms with Gasteiger partial charge in [-0.15, -0.1) is 0 Å². The molecule has 0 aromatic heterocycles. The van der Waals surface area contributed by atoms with Crippen LogP contribution >= 0.6 is 0 Å². The predicted molar refractivity (Wildman–Crippen MR) is 79.9 cm³/mol. The van der Waals surface area contributed by atoms with Gasteiger partial charge in [-0.25, -0.2) is 0 Å². The van der Waals surface area contributed by atoms with E-state index in [1.54, 1.807) is 6.92 Å². The molecule has 114 valence electrons. The minimum Gasteiger partial charge on any atom is -0.481 e. The molecular formula is C14H30O4Si. The molecule has 5 heteroatoms. The number of aliphatic hydroxyl groups is 1. The van der Waals surface area contributed by atoms with Crippen LogP contribution in [0.1, 0.15) is 53.4 Å². The maximum Gasteiger partial charge on any atom is 0.305 e. The van der Waals surface area contributed by atoms with Crippen molar-refractivity contribution < 1.29 is 19.4 Å². The highest BCUT2D eigenvalue weighted by Crippen LogP contribution is 2.38. The Morgan fingerprint density at radius 2 is 1.79 bits per heavy atom. The first-order valence-corrected chi connectivity index (χ1v) is 9.94. The summed E-state index contributed by atoms with van der Waals surface area (Å²) in [4.78, 5) is 10.9. The summed E-state index contributed by atoms with van der Waals surface area (Å²) in [5, 5.41) is 18.3. The van der Waals surface area contributed by atoms with Crippen LogP contribution in [0.15, 0.2) is 0 Å². The average molecular weight is 290 g/mol. The van der Waals surface area contributed by atoms with Gasteiger partial charge < -0.3 is 14.6 Å². The number of hydrogen-bond donors (Lipinski definition) is 2. The Kier molecular flexibility index (Phi) is 7.25. The average Bonchev–Trinajstić information content (AvgIpc) is 2.12. The van der Waals surface area contributed by atoms with E-state index in [1.807, 2.05) is 0 Å². The van der Waals surface area contributed by atoms with E-state index in [1.165, 1.54) is 0 Å². The highest BCUT2D eigenvalue weighted by molar-refractivity contribution is 6.74. The Morgan fingerprint density at radius 3 is 2.16 bits per heavy atom. The molecule has 2 atom stereocenters. The van der Waals surface area contributed by atoms with Gasteiger partial charge in [0, 0.05) is 0 Å². The maximum absolute atomic E-state index is 10.9. The van der Waals surface area contributed by atoms with E-state index in [4.69, 9.17) is 9.53 Å². The quantitative estimate of drug-likeness (QED) is 0.672. The molecule has 0 rings (SSSR count). The topological polar surface area (TPSA) is 66.8 Å². The fourth-order valence-electron chi connectivity index (χ4n) is 1.63. The fraction of sp³-hybridized carbons (Fsp3) is 0.929.